The Hall–Kier alpha value is -1.57. The molecule has 0 unspecified atom stereocenters. The highest BCUT2D eigenvalue weighted by Gasteiger charge is 2.04. The third-order valence-electron chi connectivity index (χ3n) is 3.26. The smallest absolute Gasteiger partial charge is 0.0524 e. The monoisotopic (exact) mass is 214 g/mol. The molecule has 0 aliphatic carbocycles. The second-order valence-corrected chi connectivity index (χ2v) is 4.31. The molecule has 0 aliphatic heterocycles. The van der Waals surface area contributed by atoms with E-state index in [2.05, 4.69) is 43.2 Å². The van der Waals surface area contributed by atoms with Gasteiger partial charge < -0.3 is 0 Å². The molecule has 0 atom stereocenters. The molecule has 1 aromatic heterocycles. The maximum Gasteiger partial charge on any atom is 0.0524 e. The Balaban J connectivity index is 2.08. The molecule has 2 aromatic rings. The summed E-state index contributed by atoms with van der Waals surface area (Å²) >= 11 is 0. The maximum absolute atomic E-state index is 4.27. The van der Waals surface area contributed by atoms with Crippen molar-refractivity contribution >= 4 is 0 Å². The number of benzene rings is 1. The van der Waals surface area contributed by atoms with Gasteiger partial charge in [0.05, 0.1) is 6.20 Å². The van der Waals surface area contributed by atoms with Crippen LogP contribution in [0, 0.1) is 13.8 Å². The van der Waals surface area contributed by atoms with Gasteiger partial charge in [-0.15, -0.1) is 0 Å². The summed E-state index contributed by atoms with van der Waals surface area (Å²) in [5.74, 6) is 0. The van der Waals surface area contributed by atoms with Crippen LogP contribution in [0.4, 0.5) is 0 Å². The van der Waals surface area contributed by atoms with Crippen LogP contribution in [0.1, 0.15) is 22.4 Å². The first kappa shape index (κ1) is 10.9. The van der Waals surface area contributed by atoms with E-state index in [0.29, 0.717) is 0 Å². The summed E-state index contributed by atoms with van der Waals surface area (Å²) in [7, 11) is 1.99. The van der Waals surface area contributed by atoms with E-state index in [0.717, 1.165) is 12.8 Å². The van der Waals surface area contributed by atoms with Gasteiger partial charge in [-0.1, -0.05) is 24.3 Å². The van der Waals surface area contributed by atoms with Gasteiger partial charge in [0.2, 0.25) is 0 Å². The van der Waals surface area contributed by atoms with Crippen molar-refractivity contribution in [2.75, 3.05) is 0 Å². The fraction of sp³-hybridized carbons (Fsp3) is 0.357. The van der Waals surface area contributed by atoms with Crippen molar-refractivity contribution in [2.45, 2.75) is 26.7 Å². The molecule has 2 nitrogen and oxygen atoms in total. The van der Waals surface area contributed by atoms with E-state index in [1.165, 1.54) is 22.4 Å². The summed E-state index contributed by atoms with van der Waals surface area (Å²) in [6.07, 6.45) is 4.15. The van der Waals surface area contributed by atoms with Crippen LogP contribution in [0.15, 0.2) is 30.5 Å². The molecule has 2 heteroatoms. The number of hydrogen-bond acceptors (Lipinski definition) is 1. The van der Waals surface area contributed by atoms with Gasteiger partial charge in [0.1, 0.15) is 0 Å². The molecule has 0 fully saturated rings. The van der Waals surface area contributed by atoms with Gasteiger partial charge in [-0.05, 0) is 43.4 Å². The van der Waals surface area contributed by atoms with Gasteiger partial charge in [-0.25, -0.2) is 0 Å². The number of rotatable bonds is 3. The largest absolute Gasteiger partial charge is 0.273 e. The molecular weight excluding hydrogens is 196 g/mol. The van der Waals surface area contributed by atoms with E-state index >= 15 is 0 Å². The van der Waals surface area contributed by atoms with Crippen LogP contribution >= 0.6 is 0 Å². The van der Waals surface area contributed by atoms with Gasteiger partial charge in [0.25, 0.3) is 0 Å². The minimum Gasteiger partial charge on any atom is -0.273 e. The summed E-state index contributed by atoms with van der Waals surface area (Å²) in [6, 6.07) is 8.58. The topological polar surface area (TPSA) is 17.8 Å². The van der Waals surface area contributed by atoms with Gasteiger partial charge in [0.15, 0.2) is 0 Å². The molecule has 0 saturated carbocycles. The van der Waals surface area contributed by atoms with E-state index < -0.39 is 0 Å². The zero-order valence-electron chi connectivity index (χ0n) is 10.2. The van der Waals surface area contributed by atoms with Crippen LogP contribution in [0.25, 0.3) is 0 Å². The predicted octanol–water partition coefficient (Wildman–Crippen LogP) is 2.82. The standard InChI is InChI=1S/C14H18N2/c1-11-6-4-5-7-13(11)8-9-14-10-15-16(3)12(14)2/h4-7,10H,8-9H2,1-3H3. The Kier molecular flexibility index (Phi) is 3.09. The molecule has 0 bridgehead atoms. The molecule has 2 rings (SSSR count). The maximum atomic E-state index is 4.27. The fourth-order valence-electron chi connectivity index (χ4n) is 1.95. The molecule has 84 valence electrons. The van der Waals surface area contributed by atoms with Crippen LogP contribution < -0.4 is 0 Å². The van der Waals surface area contributed by atoms with Crippen LogP contribution in [-0.2, 0) is 19.9 Å². The molecule has 0 aliphatic rings. The zero-order chi connectivity index (χ0) is 11.5. The van der Waals surface area contributed by atoms with E-state index in [4.69, 9.17) is 0 Å². The Labute approximate surface area is 96.9 Å². The van der Waals surface area contributed by atoms with Crippen molar-refractivity contribution in [1.82, 2.24) is 9.78 Å². The predicted molar refractivity (Wildman–Crippen MR) is 66.5 cm³/mol. The molecular formula is C14H18N2. The third-order valence-corrected chi connectivity index (χ3v) is 3.26. The second-order valence-electron chi connectivity index (χ2n) is 4.31. The normalized spacial score (nSPS) is 10.7. The summed E-state index contributed by atoms with van der Waals surface area (Å²) in [6.45, 7) is 4.30. The van der Waals surface area contributed by atoms with E-state index in [1.807, 2.05) is 17.9 Å². The number of aryl methyl sites for hydroxylation is 4. The first-order chi connectivity index (χ1) is 7.68. The molecule has 1 heterocycles. The summed E-state index contributed by atoms with van der Waals surface area (Å²) in [5, 5.41) is 4.27. The summed E-state index contributed by atoms with van der Waals surface area (Å²) < 4.78 is 1.94. The van der Waals surface area contributed by atoms with E-state index in [1.54, 1.807) is 0 Å². The highest BCUT2D eigenvalue weighted by molar-refractivity contribution is 5.27. The van der Waals surface area contributed by atoms with Gasteiger partial charge in [-0.3, -0.25) is 4.68 Å². The van der Waals surface area contributed by atoms with E-state index in [-0.39, 0.29) is 0 Å². The fourth-order valence-corrected chi connectivity index (χ4v) is 1.95. The highest BCUT2D eigenvalue weighted by Crippen LogP contribution is 2.13. The number of nitrogens with zero attached hydrogens (tertiary/aromatic N) is 2. The summed E-state index contributed by atoms with van der Waals surface area (Å²) in [5.41, 5.74) is 5.44. The lowest BCUT2D eigenvalue weighted by Crippen LogP contribution is -1.97. The van der Waals surface area contributed by atoms with E-state index in [9.17, 15) is 0 Å². The van der Waals surface area contributed by atoms with Gasteiger partial charge in [0, 0.05) is 12.7 Å². The van der Waals surface area contributed by atoms with Crippen LogP contribution in [0.3, 0.4) is 0 Å². The van der Waals surface area contributed by atoms with Crippen molar-refractivity contribution in [1.29, 1.82) is 0 Å². The molecule has 0 N–H and O–H groups in total. The SMILES string of the molecule is Cc1ccccc1CCc1cnn(C)c1C. The first-order valence-electron chi connectivity index (χ1n) is 5.70. The van der Waals surface area contributed by atoms with Crippen molar-refractivity contribution in [3.05, 3.63) is 52.8 Å². The minimum atomic E-state index is 1.07. The van der Waals surface area contributed by atoms with Gasteiger partial charge in [-0.2, -0.15) is 5.10 Å². The molecule has 0 radical (unpaired) electrons. The second kappa shape index (κ2) is 4.52. The van der Waals surface area contributed by atoms with Gasteiger partial charge >= 0.3 is 0 Å². The quantitative estimate of drug-likeness (QED) is 0.768. The van der Waals surface area contributed by atoms with Crippen molar-refractivity contribution in [2.24, 2.45) is 7.05 Å². The Bertz CT molecular complexity index is 483. The molecule has 0 saturated heterocycles. The zero-order valence-corrected chi connectivity index (χ0v) is 10.2. The molecule has 16 heavy (non-hydrogen) atoms. The molecule has 0 spiro atoms. The van der Waals surface area contributed by atoms with Crippen molar-refractivity contribution in [3.8, 4) is 0 Å². The van der Waals surface area contributed by atoms with Crippen molar-refractivity contribution in [3.63, 3.8) is 0 Å². The Morgan fingerprint density at radius 2 is 1.75 bits per heavy atom. The third kappa shape index (κ3) is 2.16. The Morgan fingerprint density at radius 1 is 1.06 bits per heavy atom. The summed E-state index contributed by atoms with van der Waals surface area (Å²) in [4.78, 5) is 0. The average Bonchev–Trinajstić information content (AvgIpc) is 2.59. The first-order valence-corrected chi connectivity index (χ1v) is 5.70. The lowest BCUT2D eigenvalue weighted by atomic mass is 10.0. The Morgan fingerprint density at radius 3 is 2.38 bits per heavy atom. The minimum absolute atomic E-state index is 1.07. The van der Waals surface area contributed by atoms with Crippen LogP contribution in [-0.4, -0.2) is 9.78 Å². The molecule has 0 amide bonds. The lowest BCUT2D eigenvalue weighted by Gasteiger charge is -2.05. The highest BCUT2D eigenvalue weighted by atomic mass is 15.3. The van der Waals surface area contributed by atoms with Crippen LogP contribution in [0.2, 0.25) is 0 Å². The van der Waals surface area contributed by atoms with Crippen LogP contribution in [0.5, 0.6) is 0 Å². The van der Waals surface area contributed by atoms with Crippen molar-refractivity contribution < 1.29 is 0 Å². The molecule has 1 aromatic carbocycles. The lowest BCUT2D eigenvalue weighted by molar-refractivity contribution is 0.737. The average molecular weight is 214 g/mol. The number of aromatic nitrogens is 2. The number of hydrogen-bond donors (Lipinski definition) is 0.